The number of aromatic nitrogens is 1. The van der Waals surface area contributed by atoms with Crippen molar-refractivity contribution in [3.8, 4) is 22.4 Å². The van der Waals surface area contributed by atoms with Gasteiger partial charge in [0.15, 0.2) is 8.03 Å². The molecule has 6 nitrogen and oxygen atoms in total. The number of carboxylic acids is 1. The van der Waals surface area contributed by atoms with Crippen LogP contribution < -0.4 is 0 Å². The van der Waals surface area contributed by atoms with Gasteiger partial charge in [0.05, 0.1) is 24.8 Å². The summed E-state index contributed by atoms with van der Waals surface area (Å²) in [5.41, 5.74) is 7.02. The molecule has 0 saturated carbocycles. The standard InChI is InChI=1S/C29H35FNO5P/c1-4-24-27(20-12-14-22(30)15-13-20)25(11-8-16-36-37(35)18-23(32)17-26(33)34)28(19(2)3)31-29(24)21-9-6-5-7-10-21/h5-7,9-10,12-15,19,23,32,37H,4,8,11,16-18H2,1-3H3,(H,33,34)/t23-/m0/s1. The Morgan fingerprint density at radius 3 is 2.32 bits per heavy atom. The fourth-order valence-electron chi connectivity index (χ4n) is 4.52. The maximum atomic E-state index is 13.8. The van der Waals surface area contributed by atoms with E-state index in [0.29, 0.717) is 12.8 Å². The fraction of sp³-hybridized carbons (Fsp3) is 0.379. The summed E-state index contributed by atoms with van der Waals surface area (Å²) < 4.78 is 31.5. The van der Waals surface area contributed by atoms with Crippen LogP contribution in [0.1, 0.15) is 56.4 Å². The van der Waals surface area contributed by atoms with Gasteiger partial charge in [-0.3, -0.25) is 14.3 Å². The summed E-state index contributed by atoms with van der Waals surface area (Å²) in [5.74, 6) is -1.31. The van der Waals surface area contributed by atoms with Crippen LogP contribution in [0.3, 0.4) is 0 Å². The molecule has 2 aromatic carbocycles. The molecule has 0 aliphatic carbocycles. The molecule has 8 heteroatoms. The minimum absolute atomic E-state index is 0.133. The summed E-state index contributed by atoms with van der Waals surface area (Å²) >= 11 is 0. The quantitative estimate of drug-likeness (QED) is 0.195. The van der Waals surface area contributed by atoms with Crippen molar-refractivity contribution >= 4 is 14.0 Å². The molecular formula is C29H35FNO5P. The summed E-state index contributed by atoms with van der Waals surface area (Å²) in [7, 11) is -2.56. The van der Waals surface area contributed by atoms with Crippen molar-refractivity contribution in [3.63, 3.8) is 0 Å². The zero-order chi connectivity index (χ0) is 26.9. The van der Waals surface area contributed by atoms with E-state index in [0.717, 1.165) is 45.6 Å². The monoisotopic (exact) mass is 527 g/mol. The summed E-state index contributed by atoms with van der Waals surface area (Å²) in [6.45, 7) is 6.49. The highest BCUT2D eigenvalue weighted by Gasteiger charge is 2.22. The second-order valence-corrected chi connectivity index (χ2v) is 10.8. The average Bonchev–Trinajstić information content (AvgIpc) is 2.86. The Morgan fingerprint density at radius 1 is 1.05 bits per heavy atom. The first-order valence-electron chi connectivity index (χ1n) is 12.6. The van der Waals surface area contributed by atoms with Crippen LogP contribution in [0.15, 0.2) is 54.6 Å². The van der Waals surface area contributed by atoms with E-state index in [2.05, 4.69) is 20.8 Å². The van der Waals surface area contributed by atoms with Gasteiger partial charge in [-0.25, -0.2) is 4.39 Å². The van der Waals surface area contributed by atoms with Gasteiger partial charge in [-0.1, -0.05) is 63.2 Å². The minimum atomic E-state index is -2.56. The molecule has 3 rings (SSSR count). The van der Waals surface area contributed by atoms with Crippen LogP contribution in [-0.2, 0) is 26.7 Å². The highest BCUT2D eigenvalue weighted by Crippen LogP contribution is 2.39. The smallest absolute Gasteiger partial charge is 0.305 e. The zero-order valence-electron chi connectivity index (χ0n) is 21.5. The molecule has 37 heavy (non-hydrogen) atoms. The van der Waals surface area contributed by atoms with E-state index >= 15 is 0 Å². The molecule has 0 aliphatic heterocycles. The lowest BCUT2D eigenvalue weighted by atomic mass is 9.85. The van der Waals surface area contributed by atoms with Gasteiger partial charge in [0.2, 0.25) is 0 Å². The van der Waals surface area contributed by atoms with Crippen LogP contribution >= 0.6 is 8.03 Å². The normalized spacial score (nSPS) is 13.0. The number of nitrogens with zero attached hydrogens (tertiary/aromatic N) is 1. The van der Waals surface area contributed by atoms with Gasteiger partial charge in [0.25, 0.3) is 0 Å². The minimum Gasteiger partial charge on any atom is -0.481 e. The van der Waals surface area contributed by atoms with Crippen LogP contribution in [0.4, 0.5) is 4.39 Å². The fourth-order valence-corrected chi connectivity index (χ4v) is 5.54. The van der Waals surface area contributed by atoms with E-state index in [9.17, 15) is 18.9 Å². The van der Waals surface area contributed by atoms with Crippen LogP contribution in [0, 0.1) is 5.82 Å². The van der Waals surface area contributed by atoms with Crippen LogP contribution in [-0.4, -0.2) is 40.0 Å². The first kappa shape index (κ1) is 28.7. The van der Waals surface area contributed by atoms with Crippen molar-refractivity contribution in [2.45, 2.75) is 58.5 Å². The first-order chi connectivity index (χ1) is 17.7. The van der Waals surface area contributed by atoms with E-state index in [1.165, 1.54) is 12.1 Å². The third-order valence-corrected chi connectivity index (χ3v) is 7.49. The number of halogens is 1. The number of carbonyl (C=O) groups is 1. The lowest BCUT2D eigenvalue weighted by Gasteiger charge is -2.23. The van der Waals surface area contributed by atoms with Gasteiger partial charge >= 0.3 is 5.97 Å². The highest BCUT2D eigenvalue weighted by atomic mass is 31.1. The molecule has 0 spiro atoms. The van der Waals surface area contributed by atoms with E-state index in [-0.39, 0.29) is 24.5 Å². The van der Waals surface area contributed by atoms with Crippen molar-refractivity contribution in [2.24, 2.45) is 0 Å². The highest BCUT2D eigenvalue weighted by molar-refractivity contribution is 7.39. The van der Waals surface area contributed by atoms with Crippen molar-refractivity contribution in [3.05, 3.63) is 77.2 Å². The number of rotatable bonds is 13. The number of hydrogen-bond acceptors (Lipinski definition) is 5. The van der Waals surface area contributed by atoms with E-state index in [1.807, 2.05) is 30.3 Å². The number of aliphatic hydroxyl groups is 1. The molecule has 0 bridgehead atoms. The van der Waals surface area contributed by atoms with Crippen LogP contribution in [0.25, 0.3) is 22.4 Å². The van der Waals surface area contributed by atoms with Gasteiger partial charge < -0.3 is 14.7 Å². The summed E-state index contributed by atoms with van der Waals surface area (Å²) in [6, 6.07) is 16.6. The average molecular weight is 528 g/mol. The molecule has 198 valence electrons. The number of hydrogen-bond donors (Lipinski definition) is 2. The molecule has 2 N–H and O–H groups in total. The molecule has 0 aliphatic rings. The SMILES string of the molecule is CCc1c(-c2ccccc2)nc(C(C)C)c(CCCO[PH](=O)C[C@@H](O)CC(=O)O)c1-c1ccc(F)cc1. The Kier molecular flexibility index (Phi) is 10.6. The zero-order valence-corrected chi connectivity index (χ0v) is 22.5. The third kappa shape index (κ3) is 7.81. The molecule has 0 saturated heterocycles. The second kappa shape index (κ2) is 13.6. The van der Waals surface area contributed by atoms with Gasteiger partial charge in [-0.2, -0.15) is 0 Å². The third-order valence-electron chi connectivity index (χ3n) is 6.16. The largest absolute Gasteiger partial charge is 0.481 e. The molecule has 3 aromatic rings. The summed E-state index contributed by atoms with van der Waals surface area (Å²) in [4.78, 5) is 15.9. The first-order valence-corrected chi connectivity index (χ1v) is 14.2. The van der Waals surface area contributed by atoms with Crippen LogP contribution in [0.5, 0.6) is 0 Å². The number of pyridine rings is 1. The molecule has 0 radical (unpaired) electrons. The molecule has 1 unspecified atom stereocenters. The number of aliphatic carboxylic acids is 1. The topological polar surface area (TPSA) is 96.7 Å². The van der Waals surface area contributed by atoms with Gasteiger partial charge in [-0.15, -0.1) is 0 Å². The number of aliphatic hydroxyl groups excluding tert-OH is 1. The molecule has 1 aromatic heterocycles. The molecule has 0 amide bonds. The van der Waals surface area contributed by atoms with E-state index in [4.69, 9.17) is 14.6 Å². The number of carboxylic acid groups (broad SMARTS) is 1. The molecule has 1 heterocycles. The Labute approximate surface area is 218 Å². The van der Waals surface area contributed by atoms with Crippen molar-refractivity contribution in [1.82, 2.24) is 4.98 Å². The predicted octanol–water partition coefficient (Wildman–Crippen LogP) is 6.50. The van der Waals surface area contributed by atoms with Gasteiger partial charge in [-0.05, 0) is 59.6 Å². The van der Waals surface area contributed by atoms with Gasteiger partial charge in [0.1, 0.15) is 5.82 Å². The van der Waals surface area contributed by atoms with E-state index < -0.39 is 26.5 Å². The maximum absolute atomic E-state index is 13.8. The molecule has 2 atom stereocenters. The number of benzene rings is 2. The second-order valence-electron chi connectivity index (χ2n) is 9.34. The summed E-state index contributed by atoms with van der Waals surface area (Å²) in [5, 5.41) is 18.5. The Morgan fingerprint density at radius 2 is 1.73 bits per heavy atom. The van der Waals surface area contributed by atoms with Gasteiger partial charge in [0, 0.05) is 17.4 Å². The molecule has 0 fully saturated rings. The molecular weight excluding hydrogens is 492 g/mol. The Balaban J connectivity index is 1.96. The van der Waals surface area contributed by atoms with E-state index in [1.54, 1.807) is 12.1 Å². The van der Waals surface area contributed by atoms with Crippen molar-refractivity contribution < 1.29 is 28.5 Å². The Bertz CT molecular complexity index is 1220. The lowest BCUT2D eigenvalue weighted by Crippen LogP contribution is -2.15. The predicted molar refractivity (Wildman–Crippen MR) is 145 cm³/mol. The van der Waals surface area contributed by atoms with Crippen molar-refractivity contribution in [1.29, 1.82) is 0 Å². The Hall–Kier alpha value is -2.86. The van der Waals surface area contributed by atoms with Crippen molar-refractivity contribution in [2.75, 3.05) is 12.8 Å². The van der Waals surface area contributed by atoms with Crippen LogP contribution in [0.2, 0.25) is 0 Å². The maximum Gasteiger partial charge on any atom is 0.305 e. The summed E-state index contributed by atoms with van der Waals surface area (Å²) in [6.07, 6.45) is 0.0845. The lowest BCUT2D eigenvalue weighted by molar-refractivity contribution is -0.138.